The molecule has 0 bridgehead atoms. The first-order valence-corrected chi connectivity index (χ1v) is 5.16. The fourth-order valence-corrected chi connectivity index (χ4v) is 1.77. The number of amides is 1. The van der Waals surface area contributed by atoms with Gasteiger partial charge in [-0.15, -0.1) is 0 Å². The van der Waals surface area contributed by atoms with Gasteiger partial charge in [0.2, 0.25) is 0 Å². The second-order valence-corrected chi connectivity index (χ2v) is 4.16. The van der Waals surface area contributed by atoms with Crippen molar-refractivity contribution in [3.8, 4) is 0 Å². The van der Waals surface area contributed by atoms with Crippen molar-refractivity contribution in [3.63, 3.8) is 0 Å². The molecule has 1 fully saturated rings. The van der Waals surface area contributed by atoms with E-state index in [2.05, 4.69) is 10.2 Å². The smallest absolute Gasteiger partial charge is 0.267 e. The third-order valence-corrected chi connectivity index (χ3v) is 2.99. The van der Waals surface area contributed by atoms with Crippen LogP contribution in [0.1, 0.15) is 23.7 Å². The van der Waals surface area contributed by atoms with Crippen LogP contribution in [0.5, 0.6) is 0 Å². The van der Waals surface area contributed by atoms with Crippen molar-refractivity contribution in [1.29, 1.82) is 0 Å². The van der Waals surface area contributed by atoms with E-state index in [1.807, 2.05) is 0 Å². The van der Waals surface area contributed by atoms with Gasteiger partial charge >= 0.3 is 0 Å². The van der Waals surface area contributed by atoms with Gasteiger partial charge in [0.15, 0.2) is 0 Å². The van der Waals surface area contributed by atoms with E-state index >= 15 is 0 Å². The number of rotatable bonds is 1. The summed E-state index contributed by atoms with van der Waals surface area (Å²) in [6.45, 7) is 1.39. The van der Waals surface area contributed by atoms with Crippen molar-refractivity contribution in [2.45, 2.75) is 19.3 Å². The number of hydrogen-bond acceptors (Lipinski definition) is 2. The molecule has 0 aromatic carbocycles. The van der Waals surface area contributed by atoms with E-state index in [0.29, 0.717) is 18.5 Å². The molecule has 0 radical (unpaired) electrons. The summed E-state index contributed by atoms with van der Waals surface area (Å²) >= 11 is 0. The lowest BCUT2D eigenvalue weighted by Gasteiger charge is -2.36. The Morgan fingerprint density at radius 1 is 1.69 bits per heavy atom. The van der Waals surface area contributed by atoms with Gasteiger partial charge in [0.25, 0.3) is 11.8 Å². The minimum Gasteiger partial charge on any atom is -0.332 e. The number of alkyl halides is 2. The van der Waals surface area contributed by atoms with Gasteiger partial charge in [-0.25, -0.2) is 8.78 Å². The third kappa shape index (κ3) is 1.91. The summed E-state index contributed by atoms with van der Waals surface area (Å²) in [7, 11) is 0. The molecule has 1 aromatic rings. The van der Waals surface area contributed by atoms with Crippen molar-refractivity contribution in [2.75, 3.05) is 13.1 Å². The predicted octanol–water partition coefficient (Wildman–Crippen LogP) is 1.53. The molecule has 1 amide bonds. The highest BCUT2D eigenvalue weighted by Gasteiger charge is 2.43. The second-order valence-electron chi connectivity index (χ2n) is 4.16. The Kier molecular flexibility index (Phi) is 2.65. The number of H-pyrrole nitrogens is 1. The van der Waals surface area contributed by atoms with Gasteiger partial charge in [0.1, 0.15) is 0 Å². The first-order chi connectivity index (χ1) is 7.50. The summed E-state index contributed by atoms with van der Waals surface area (Å²) in [5, 5.41) is 6.12. The summed E-state index contributed by atoms with van der Waals surface area (Å²) in [5.41, 5.74) is 0.324. The molecular formula is C10H13F2N3O. The van der Waals surface area contributed by atoms with Crippen LogP contribution in [0.2, 0.25) is 0 Å². The fraction of sp³-hybridized carbons (Fsp3) is 0.600. The van der Waals surface area contributed by atoms with Crippen molar-refractivity contribution in [3.05, 3.63) is 18.0 Å². The van der Waals surface area contributed by atoms with Crippen molar-refractivity contribution < 1.29 is 13.6 Å². The molecule has 16 heavy (non-hydrogen) atoms. The molecule has 0 aliphatic carbocycles. The Labute approximate surface area is 91.6 Å². The van der Waals surface area contributed by atoms with Gasteiger partial charge in [-0.3, -0.25) is 9.89 Å². The number of halogens is 2. The number of hydrogen-bond donors (Lipinski definition) is 1. The Balaban J connectivity index is 2.10. The SMILES string of the molecule is C[C@@H]1CCN(C(=O)c2cn[nH]c2)CC1(F)F. The Morgan fingerprint density at radius 3 is 3.00 bits per heavy atom. The average molecular weight is 229 g/mol. The maximum atomic E-state index is 13.4. The zero-order valence-corrected chi connectivity index (χ0v) is 8.91. The molecule has 1 aliphatic rings. The highest BCUT2D eigenvalue weighted by Crippen LogP contribution is 2.32. The third-order valence-electron chi connectivity index (χ3n) is 2.99. The summed E-state index contributed by atoms with van der Waals surface area (Å²) in [4.78, 5) is 13.0. The quantitative estimate of drug-likeness (QED) is 0.793. The molecule has 0 saturated carbocycles. The van der Waals surface area contributed by atoms with Gasteiger partial charge in [-0.2, -0.15) is 5.10 Å². The van der Waals surface area contributed by atoms with E-state index in [1.54, 1.807) is 0 Å². The van der Waals surface area contributed by atoms with Gasteiger partial charge in [-0.1, -0.05) is 6.92 Å². The van der Waals surface area contributed by atoms with Gasteiger partial charge in [0, 0.05) is 18.7 Å². The van der Waals surface area contributed by atoms with E-state index in [9.17, 15) is 13.6 Å². The lowest BCUT2D eigenvalue weighted by atomic mass is 9.94. The minimum absolute atomic E-state index is 0.324. The van der Waals surface area contributed by atoms with E-state index < -0.39 is 18.4 Å². The number of aromatic nitrogens is 2. The summed E-state index contributed by atoms with van der Waals surface area (Å²) in [5.74, 6) is -3.85. The molecule has 2 rings (SSSR count). The Bertz CT molecular complexity index is 377. The van der Waals surface area contributed by atoms with Crippen LogP contribution in [0.3, 0.4) is 0 Å². The topological polar surface area (TPSA) is 49.0 Å². The van der Waals surface area contributed by atoms with E-state index in [1.165, 1.54) is 24.2 Å². The van der Waals surface area contributed by atoms with Gasteiger partial charge in [-0.05, 0) is 6.42 Å². The summed E-state index contributed by atoms with van der Waals surface area (Å²) < 4.78 is 26.9. The van der Waals surface area contributed by atoms with Crippen LogP contribution in [-0.4, -0.2) is 40.0 Å². The lowest BCUT2D eigenvalue weighted by Crippen LogP contribution is -2.49. The maximum absolute atomic E-state index is 13.4. The van der Waals surface area contributed by atoms with Crippen molar-refractivity contribution in [1.82, 2.24) is 15.1 Å². The number of nitrogens with zero attached hydrogens (tertiary/aromatic N) is 2. The number of carbonyl (C=O) groups is 1. The molecule has 6 heteroatoms. The fourth-order valence-electron chi connectivity index (χ4n) is 1.77. The van der Waals surface area contributed by atoms with E-state index in [0.717, 1.165) is 0 Å². The van der Waals surface area contributed by atoms with Crippen LogP contribution in [-0.2, 0) is 0 Å². The van der Waals surface area contributed by atoms with Crippen molar-refractivity contribution >= 4 is 5.91 Å². The molecule has 4 nitrogen and oxygen atoms in total. The number of likely N-dealkylation sites (tertiary alicyclic amines) is 1. The largest absolute Gasteiger partial charge is 0.332 e. The van der Waals surface area contributed by atoms with Gasteiger partial charge in [0.05, 0.1) is 18.3 Å². The molecular weight excluding hydrogens is 216 g/mol. The molecule has 1 N–H and O–H groups in total. The standard InChI is InChI=1S/C10H13F2N3O/c1-7-2-3-15(6-10(7,11)12)9(16)8-4-13-14-5-8/h4-5,7H,2-3,6H2,1H3,(H,13,14)/t7-/m1/s1. The van der Waals surface area contributed by atoms with Crippen LogP contribution in [0.4, 0.5) is 8.78 Å². The summed E-state index contributed by atoms with van der Waals surface area (Å²) in [6.07, 6.45) is 3.09. The number of aromatic amines is 1. The predicted molar refractivity (Wildman–Crippen MR) is 53.2 cm³/mol. The summed E-state index contributed by atoms with van der Waals surface area (Å²) in [6, 6.07) is 0. The van der Waals surface area contributed by atoms with Crippen LogP contribution < -0.4 is 0 Å². The molecule has 1 aromatic heterocycles. The molecule has 1 atom stereocenters. The van der Waals surface area contributed by atoms with Crippen LogP contribution in [0.15, 0.2) is 12.4 Å². The monoisotopic (exact) mass is 229 g/mol. The highest BCUT2D eigenvalue weighted by atomic mass is 19.3. The molecule has 0 spiro atoms. The van der Waals surface area contributed by atoms with Crippen molar-refractivity contribution in [2.24, 2.45) is 5.92 Å². The lowest BCUT2D eigenvalue weighted by molar-refractivity contribution is -0.0957. The molecule has 88 valence electrons. The first kappa shape index (κ1) is 11.0. The van der Waals surface area contributed by atoms with Crippen LogP contribution >= 0.6 is 0 Å². The molecule has 0 unspecified atom stereocenters. The average Bonchev–Trinajstić information content (AvgIpc) is 2.74. The zero-order valence-electron chi connectivity index (χ0n) is 8.91. The second kappa shape index (κ2) is 3.84. The molecule has 1 aliphatic heterocycles. The zero-order chi connectivity index (χ0) is 11.8. The maximum Gasteiger partial charge on any atom is 0.267 e. The van der Waals surface area contributed by atoms with Crippen LogP contribution in [0, 0.1) is 5.92 Å². The van der Waals surface area contributed by atoms with Gasteiger partial charge < -0.3 is 4.90 Å². The normalized spacial score (nSPS) is 24.4. The number of piperidine rings is 1. The highest BCUT2D eigenvalue weighted by molar-refractivity contribution is 5.93. The number of nitrogens with one attached hydrogen (secondary N) is 1. The Hall–Kier alpha value is -1.46. The van der Waals surface area contributed by atoms with Crippen LogP contribution in [0.25, 0.3) is 0 Å². The first-order valence-electron chi connectivity index (χ1n) is 5.16. The van der Waals surface area contributed by atoms with E-state index in [-0.39, 0.29) is 5.91 Å². The molecule has 2 heterocycles. The Morgan fingerprint density at radius 2 is 2.44 bits per heavy atom. The number of carbonyl (C=O) groups excluding carboxylic acids is 1. The van der Waals surface area contributed by atoms with E-state index in [4.69, 9.17) is 0 Å². The minimum atomic E-state index is -2.79. The molecule has 1 saturated heterocycles.